The van der Waals surface area contributed by atoms with Crippen molar-refractivity contribution in [2.75, 3.05) is 11.9 Å². The molecule has 128 valence electrons. The third kappa shape index (κ3) is 8.28. The maximum atomic E-state index is 11.6. The number of carbonyl (C=O) groups excluding carboxylic acids is 2. The van der Waals surface area contributed by atoms with E-state index in [-0.39, 0.29) is 29.2 Å². The Kier molecular flexibility index (Phi) is 9.80. The molecular weight excluding hydrogens is 360 g/mol. The van der Waals surface area contributed by atoms with E-state index in [4.69, 9.17) is 9.47 Å². The van der Waals surface area contributed by atoms with E-state index < -0.39 is 0 Å². The SMILES string of the molecule is C[C@H](C=O)CC[C@H](OC(=O)CBr)[C@H](C)COCc1ccccc1. The van der Waals surface area contributed by atoms with E-state index >= 15 is 0 Å². The average molecular weight is 385 g/mol. The third-order valence-corrected chi connectivity index (χ3v) is 4.12. The number of rotatable bonds is 11. The van der Waals surface area contributed by atoms with Crippen LogP contribution in [0.4, 0.5) is 0 Å². The summed E-state index contributed by atoms with van der Waals surface area (Å²) < 4.78 is 11.2. The fourth-order valence-electron chi connectivity index (χ4n) is 2.20. The highest BCUT2D eigenvalue weighted by Gasteiger charge is 2.22. The lowest BCUT2D eigenvalue weighted by atomic mass is 9.96. The van der Waals surface area contributed by atoms with Crippen LogP contribution in [0.2, 0.25) is 0 Å². The predicted octanol–water partition coefficient (Wildman–Crippen LogP) is 3.76. The molecule has 0 saturated carbocycles. The van der Waals surface area contributed by atoms with Crippen LogP contribution < -0.4 is 0 Å². The zero-order chi connectivity index (χ0) is 17.1. The molecule has 0 aromatic heterocycles. The number of aldehydes is 1. The summed E-state index contributed by atoms with van der Waals surface area (Å²) in [5.74, 6) is -0.248. The van der Waals surface area contributed by atoms with Crippen LogP contribution in [0.5, 0.6) is 0 Å². The van der Waals surface area contributed by atoms with Crippen molar-refractivity contribution >= 4 is 28.2 Å². The molecule has 5 heteroatoms. The second-order valence-electron chi connectivity index (χ2n) is 5.83. The van der Waals surface area contributed by atoms with E-state index in [1.165, 1.54) is 0 Å². The van der Waals surface area contributed by atoms with Gasteiger partial charge in [-0.2, -0.15) is 0 Å². The lowest BCUT2D eigenvalue weighted by molar-refractivity contribution is -0.150. The molecule has 0 saturated heterocycles. The Bertz CT molecular complexity index is 463. The van der Waals surface area contributed by atoms with Gasteiger partial charge in [-0.15, -0.1) is 0 Å². The Hall–Kier alpha value is -1.20. The lowest BCUT2D eigenvalue weighted by Crippen LogP contribution is -2.29. The van der Waals surface area contributed by atoms with Gasteiger partial charge in [-0.3, -0.25) is 4.79 Å². The Labute approximate surface area is 146 Å². The molecule has 0 amide bonds. The van der Waals surface area contributed by atoms with Crippen LogP contribution in [-0.2, 0) is 25.7 Å². The number of hydrogen-bond acceptors (Lipinski definition) is 4. The van der Waals surface area contributed by atoms with Gasteiger partial charge in [0.05, 0.1) is 13.2 Å². The van der Waals surface area contributed by atoms with Crippen LogP contribution in [0.25, 0.3) is 0 Å². The molecule has 0 aliphatic carbocycles. The molecule has 1 aromatic rings. The van der Waals surface area contributed by atoms with Crippen LogP contribution in [0.1, 0.15) is 32.3 Å². The maximum Gasteiger partial charge on any atom is 0.316 e. The van der Waals surface area contributed by atoms with E-state index in [1.807, 2.05) is 44.2 Å². The maximum absolute atomic E-state index is 11.6. The number of ether oxygens (including phenoxy) is 2. The van der Waals surface area contributed by atoms with Gasteiger partial charge in [-0.1, -0.05) is 60.1 Å². The van der Waals surface area contributed by atoms with Gasteiger partial charge in [0.25, 0.3) is 0 Å². The summed E-state index contributed by atoms with van der Waals surface area (Å²) >= 11 is 3.11. The number of benzene rings is 1. The molecule has 0 N–H and O–H groups in total. The summed E-state index contributed by atoms with van der Waals surface area (Å²) in [7, 11) is 0. The summed E-state index contributed by atoms with van der Waals surface area (Å²) in [6.07, 6.45) is 2.06. The molecule has 23 heavy (non-hydrogen) atoms. The van der Waals surface area contributed by atoms with Gasteiger partial charge in [0, 0.05) is 11.8 Å². The van der Waals surface area contributed by atoms with Gasteiger partial charge in [-0.25, -0.2) is 0 Å². The fraction of sp³-hybridized carbons (Fsp3) is 0.556. The van der Waals surface area contributed by atoms with Crippen molar-refractivity contribution < 1.29 is 19.1 Å². The molecule has 0 bridgehead atoms. The van der Waals surface area contributed by atoms with Crippen LogP contribution in [0, 0.1) is 11.8 Å². The van der Waals surface area contributed by atoms with Crippen LogP contribution in [0.3, 0.4) is 0 Å². The van der Waals surface area contributed by atoms with Gasteiger partial charge >= 0.3 is 5.97 Å². The Morgan fingerprint density at radius 1 is 1.22 bits per heavy atom. The first-order chi connectivity index (χ1) is 11.1. The first-order valence-corrected chi connectivity index (χ1v) is 9.01. The molecule has 3 atom stereocenters. The van der Waals surface area contributed by atoms with E-state index in [0.29, 0.717) is 26.1 Å². The summed E-state index contributed by atoms with van der Waals surface area (Å²) in [6.45, 7) is 4.91. The van der Waals surface area contributed by atoms with Crippen molar-refractivity contribution in [1.82, 2.24) is 0 Å². The van der Waals surface area contributed by atoms with Gasteiger partial charge in [0.1, 0.15) is 17.7 Å². The van der Waals surface area contributed by atoms with Crippen LogP contribution in [-0.4, -0.2) is 30.3 Å². The first kappa shape index (κ1) is 19.8. The summed E-state index contributed by atoms with van der Waals surface area (Å²) in [4.78, 5) is 22.3. The predicted molar refractivity (Wildman–Crippen MR) is 93.4 cm³/mol. The minimum atomic E-state index is -0.288. The molecule has 0 aliphatic rings. The standard InChI is InChI=1S/C18H25BrO4/c1-14(11-20)8-9-17(23-18(21)10-19)15(2)12-22-13-16-6-4-3-5-7-16/h3-7,11,14-15,17H,8-10,12-13H2,1-2H3/t14-,15+,17-/m0/s1. The highest BCUT2D eigenvalue weighted by atomic mass is 79.9. The topological polar surface area (TPSA) is 52.6 Å². The zero-order valence-electron chi connectivity index (χ0n) is 13.7. The van der Waals surface area contributed by atoms with Crippen molar-refractivity contribution in [1.29, 1.82) is 0 Å². The molecule has 0 fully saturated rings. The minimum Gasteiger partial charge on any atom is -0.461 e. The van der Waals surface area contributed by atoms with Crippen molar-refractivity contribution in [3.8, 4) is 0 Å². The molecule has 0 heterocycles. The van der Waals surface area contributed by atoms with Crippen molar-refractivity contribution in [3.05, 3.63) is 35.9 Å². The van der Waals surface area contributed by atoms with E-state index in [0.717, 1.165) is 11.8 Å². The smallest absolute Gasteiger partial charge is 0.316 e. The normalized spacial score (nSPS) is 14.7. The number of hydrogen-bond donors (Lipinski definition) is 0. The second-order valence-corrected chi connectivity index (χ2v) is 6.39. The lowest BCUT2D eigenvalue weighted by Gasteiger charge is -2.24. The van der Waals surface area contributed by atoms with E-state index in [9.17, 15) is 9.59 Å². The molecule has 0 aliphatic heterocycles. The van der Waals surface area contributed by atoms with Crippen LogP contribution >= 0.6 is 15.9 Å². The van der Waals surface area contributed by atoms with Crippen LogP contribution in [0.15, 0.2) is 30.3 Å². The molecule has 0 unspecified atom stereocenters. The Morgan fingerprint density at radius 2 is 1.91 bits per heavy atom. The Balaban J connectivity index is 2.47. The molecule has 0 spiro atoms. The van der Waals surface area contributed by atoms with Gasteiger partial charge in [0.2, 0.25) is 0 Å². The van der Waals surface area contributed by atoms with Crippen molar-refractivity contribution in [2.45, 2.75) is 39.4 Å². The molecule has 1 aromatic carbocycles. The van der Waals surface area contributed by atoms with Crippen molar-refractivity contribution in [3.63, 3.8) is 0 Å². The van der Waals surface area contributed by atoms with Gasteiger partial charge in [-0.05, 0) is 18.4 Å². The highest BCUT2D eigenvalue weighted by Crippen LogP contribution is 2.18. The highest BCUT2D eigenvalue weighted by molar-refractivity contribution is 9.09. The molecule has 0 radical (unpaired) electrons. The minimum absolute atomic E-state index is 0.0300. The molecule has 1 rings (SSSR count). The summed E-state index contributed by atoms with van der Waals surface area (Å²) in [5, 5.41) is 0.171. The number of carbonyl (C=O) groups is 2. The fourth-order valence-corrected chi connectivity index (χ4v) is 2.33. The zero-order valence-corrected chi connectivity index (χ0v) is 15.3. The summed E-state index contributed by atoms with van der Waals surface area (Å²) in [5.41, 5.74) is 1.11. The van der Waals surface area contributed by atoms with Crippen molar-refractivity contribution in [2.24, 2.45) is 11.8 Å². The number of esters is 1. The van der Waals surface area contributed by atoms with E-state index in [2.05, 4.69) is 15.9 Å². The van der Waals surface area contributed by atoms with E-state index in [1.54, 1.807) is 0 Å². The third-order valence-electron chi connectivity index (χ3n) is 3.66. The number of halogens is 1. The van der Waals surface area contributed by atoms with Gasteiger partial charge < -0.3 is 14.3 Å². The molecular formula is C18H25BrO4. The Morgan fingerprint density at radius 3 is 2.52 bits per heavy atom. The second kappa shape index (κ2) is 11.4. The quantitative estimate of drug-likeness (QED) is 0.331. The first-order valence-electron chi connectivity index (χ1n) is 7.89. The average Bonchev–Trinajstić information content (AvgIpc) is 2.58. The molecule has 4 nitrogen and oxygen atoms in total. The summed E-state index contributed by atoms with van der Waals surface area (Å²) in [6, 6.07) is 9.95. The van der Waals surface area contributed by atoms with Gasteiger partial charge in [0.15, 0.2) is 0 Å². The number of alkyl halides is 1. The monoisotopic (exact) mass is 384 g/mol. The largest absolute Gasteiger partial charge is 0.461 e.